The van der Waals surface area contributed by atoms with Crippen molar-refractivity contribution in [1.29, 1.82) is 0 Å². The van der Waals surface area contributed by atoms with Gasteiger partial charge in [-0.05, 0) is 19.9 Å². The van der Waals surface area contributed by atoms with Crippen LogP contribution in [-0.4, -0.2) is 47.9 Å². The maximum Gasteiger partial charge on any atom is 0.205 e. The summed E-state index contributed by atoms with van der Waals surface area (Å²) in [6.45, 7) is 5.69. The summed E-state index contributed by atoms with van der Waals surface area (Å²) >= 11 is 1.64. The molecule has 5 nitrogen and oxygen atoms in total. The summed E-state index contributed by atoms with van der Waals surface area (Å²) in [6, 6.07) is 0.533. The van der Waals surface area contributed by atoms with Crippen LogP contribution in [0.25, 0.3) is 0 Å². The Bertz CT molecular complexity index is 338. The van der Waals surface area contributed by atoms with Crippen molar-refractivity contribution in [2.24, 2.45) is 0 Å². The number of rotatable bonds is 6. The molecular formula is C11H20N4OS. The van der Waals surface area contributed by atoms with Crippen LogP contribution < -0.4 is 5.32 Å². The van der Waals surface area contributed by atoms with E-state index in [0.29, 0.717) is 6.04 Å². The predicted molar refractivity (Wildman–Crippen MR) is 69.4 cm³/mol. The minimum atomic E-state index is 0.533. The van der Waals surface area contributed by atoms with E-state index >= 15 is 0 Å². The average Bonchev–Trinajstić information content (AvgIpc) is 2.97. The van der Waals surface area contributed by atoms with Crippen molar-refractivity contribution < 1.29 is 4.74 Å². The largest absolute Gasteiger partial charge is 0.380 e. The van der Waals surface area contributed by atoms with Crippen LogP contribution in [-0.2, 0) is 11.3 Å². The lowest BCUT2D eigenvalue weighted by atomic mass is 10.2. The Hall–Kier alpha value is -0.720. The number of likely N-dealkylation sites (N-methyl/N-ethyl adjacent to an activating group) is 1. The Labute approximate surface area is 106 Å². The number of ether oxygens (including phenoxy) is 1. The highest BCUT2D eigenvalue weighted by Crippen LogP contribution is 2.19. The van der Waals surface area contributed by atoms with Crippen LogP contribution in [0.3, 0.4) is 0 Å². The van der Waals surface area contributed by atoms with Crippen LogP contribution in [0.1, 0.15) is 24.8 Å². The van der Waals surface area contributed by atoms with Crippen LogP contribution in [0.5, 0.6) is 0 Å². The number of nitrogens with zero attached hydrogens (tertiary/aromatic N) is 3. The van der Waals surface area contributed by atoms with Gasteiger partial charge >= 0.3 is 0 Å². The van der Waals surface area contributed by atoms with Crippen molar-refractivity contribution in [2.45, 2.75) is 32.4 Å². The monoisotopic (exact) mass is 256 g/mol. The molecule has 1 unspecified atom stereocenters. The molecule has 1 fully saturated rings. The lowest BCUT2D eigenvalue weighted by Gasteiger charge is -2.20. The highest BCUT2D eigenvalue weighted by Gasteiger charge is 2.21. The van der Waals surface area contributed by atoms with E-state index in [1.165, 1.54) is 0 Å². The fourth-order valence-corrected chi connectivity index (χ4v) is 2.66. The van der Waals surface area contributed by atoms with Crippen molar-refractivity contribution in [3.63, 3.8) is 0 Å². The lowest BCUT2D eigenvalue weighted by Crippen LogP contribution is -2.31. The molecule has 1 aliphatic heterocycles. The first-order valence-electron chi connectivity index (χ1n) is 6.14. The summed E-state index contributed by atoms with van der Waals surface area (Å²) in [4.78, 5) is 2.30. The molecule has 96 valence electrons. The summed E-state index contributed by atoms with van der Waals surface area (Å²) in [5.41, 5.74) is 0. The summed E-state index contributed by atoms with van der Waals surface area (Å²) in [5.74, 6) is 0. The smallest absolute Gasteiger partial charge is 0.205 e. The summed E-state index contributed by atoms with van der Waals surface area (Å²) in [6.07, 6.45) is 2.23. The average molecular weight is 256 g/mol. The van der Waals surface area contributed by atoms with Crippen molar-refractivity contribution in [3.8, 4) is 0 Å². The van der Waals surface area contributed by atoms with Crippen LogP contribution in [0, 0.1) is 0 Å². The number of hydrogen-bond donors (Lipinski definition) is 1. The molecule has 0 saturated carbocycles. The third kappa shape index (κ3) is 3.62. The van der Waals surface area contributed by atoms with Crippen molar-refractivity contribution in [3.05, 3.63) is 5.01 Å². The molecule has 0 spiro atoms. The molecule has 2 rings (SSSR count). The molecule has 1 atom stereocenters. The van der Waals surface area contributed by atoms with E-state index in [2.05, 4.69) is 34.4 Å². The lowest BCUT2D eigenvalue weighted by molar-refractivity contribution is 0.156. The van der Waals surface area contributed by atoms with E-state index in [1.54, 1.807) is 11.3 Å². The van der Waals surface area contributed by atoms with Gasteiger partial charge in [0, 0.05) is 19.2 Å². The van der Waals surface area contributed by atoms with Crippen molar-refractivity contribution in [1.82, 2.24) is 15.1 Å². The Morgan fingerprint density at radius 1 is 1.53 bits per heavy atom. The van der Waals surface area contributed by atoms with Crippen LogP contribution >= 0.6 is 11.3 Å². The zero-order valence-electron chi connectivity index (χ0n) is 10.5. The summed E-state index contributed by atoms with van der Waals surface area (Å²) in [5, 5.41) is 13.6. The molecule has 0 bridgehead atoms. The summed E-state index contributed by atoms with van der Waals surface area (Å²) < 4.78 is 5.39. The van der Waals surface area contributed by atoms with E-state index < -0.39 is 0 Å². The minimum absolute atomic E-state index is 0.533. The molecule has 17 heavy (non-hydrogen) atoms. The van der Waals surface area contributed by atoms with Gasteiger partial charge in [-0.2, -0.15) is 0 Å². The third-order valence-corrected chi connectivity index (χ3v) is 3.77. The number of nitrogens with one attached hydrogen (secondary N) is 1. The Balaban J connectivity index is 1.83. The molecule has 1 saturated heterocycles. The molecule has 6 heteroatoms. The first-order chi connectivity index (χ1) is 8.29. The van der Waals surface area contributed by atoms with E-state index in [9.17, 15) is 0 Å². The molecule has 0 radical (unpaired) electrons. The first kappa shape index (κ1) is 12.7. The van der Waals surface area contributed by atoms with Crippen LogP contribution in [0.4, 0.5) is 5.13 Å². The fraction of sp³-hybridized carbons (Fsp3) is 0.818. The second kappa shape index (κ2) is 6.28. The molecule has 1 aliphatic rings. The zero-order chi connectivity index (χ0) is 12.1. The quantitative estimate of drug-likeness (QED) is 0.837. The maximum atomic E-state index is 5.39. The molecule has 0 aliphatic carbocycles. The molecule has 2 heterocycles. The second-order valence-corrected chi connectivity index (χ2v) is 5.42. The third-order valence-electron chi connectivity index (χ3n) is 2.91. The topological polar surface area (TPSA) is 50.3 Å². The molecule has 1 aromatic heterocycles. The molecule has 1 aromatic rings. The Morgan fingerprint density at radius 2 is 2.41 bits per heavy atom. The zero-order valence-corrected chi connectivity index (χ0v) is 11.3. The van der Waals surface area contributed by atoms with Gasteiger partial charge < -0.3 is 10.1 Å². The predicted octanol–water partition coefficient (Wildman–Crippen LogP) is 1.58. The number of anilines is 1. The van der Waals surface area contributed by atoms with E-state index in [1.807, 2.05) is 0 Å². The van der Waals surface area contributed by atoms with Crippen LogP contribution in [0.2, 0.25) is 0 Å². The van der Waals surface area contributed by atoms with E-state index in [0.717, 1.165) is 49.3 Å². The molecule has 1 N–H and O–H groups in total. The van der Waals surface area contributed by atoms with Crippen molar-refractivity contribution in [2.75, 3.05) is 32.1 Å². The van der Waals surface area contributed by atoms with Crippen molar-refractivity contribution >= 4 is 16.5 Å². The number of hydrogen-bond acceptors (Lipinski definition) is 6. The van der Waals surface area contributed by atoms with Gasteiger partial charge in [0.05, 0.1) is 13.2 Å². The highest BCUT2D eigenvalue weighted by atomic mass is 32.1. The number of aromatic nitrogens is 2. The Morgan fingerprint density at radius 3 is 3.12 bits per heavy atom. The van der Waals surface area contributed by atoms with Gasteiger partial charge in [-0.25, -0.2) is 0 Å². The first-order valence-corrected chi connectivity index (χ1v) is 6.95. The molecule has 0 aromatic carbocycles. The van der Waals surface area contributed by atoms with Gasteiger partial charge in [-0.1, -0.05) is 18.3 Å². The van der Waals surface area contributed by atoms with Gasteiger partial charge in [0.1, 0.15) is 5.01 Å². The van der Waals surface area contributed by atoms with Gasteiger partial charge in [-0.15, -0.1) is 10.2 Å². The molecular weight excluding hydrogens is 236 g/mol. The normalized spacial score (nSPS) is 20.1. The SMILES string of the molecule is CCCNc1nnc(CN(C)C2CCOC2)s1. The van der Waals surface area contributed by atoms with Gasteiger partial charge in [0.15, 0.2) is 0 Å². The van der Waals surface area contributed by atoms with Gasteiger partial charge in [-0.3, -0.25) is 4.90 Å². The highest BCUT2D eigenvalue weighted by molar-refractivity contribution is 7.15. The fourth-order valence-electron chi connectivity index (χ4n) is 1.83. The van der Waals surface area contributed by atoms with E-state index in [-0.39, 0.29) is 0 Å². The summed E-state index contributed by atoms with van der Waals surface area (Å²) in [7, 11) is 2.12. The standard InChI is InChI=1S/C11H20N4OS/c1-3-5-12-11-14-13-10(17-11)7-15(2)9-4-6-16-8-9/h9H,3-8H2,1-2H3,(H,12,14). The van der Waals surface area contributed by atoms with Gasteiger partial charge in [0.2, 0.25) is 5.13 Å². The second-order valence-electron chi connectivity index (χ2n) is 4.36. The maximum absolute atomic E-state index is 5.39. The van der Waals surface area contributed by atoms with Gasteiger partial charge in [0.25, 0.3) is 0 Å². The van der Waals surface area contributed by atoms with E-state index in [4.69, 9.17) is 4.74 Å². The molecule has 0 amide bonds. The van der Waals surface area contributed by atoms with Crippen LogP contribution in [0.15, 0.2) is 0 Å². The minimum Gasteiger partial charge on any atom is -0.380 e. The Kier molecular flexibility index (Phi) is 4.70.